The summed E-state index contributed by atoms with van der Waals surface area (Å²) in [5.74, 6) is 0.352. The summed E-state index contributed by atoms with van der Waals surface area (Å²) in [7, 11) is 1.42. The highest BCUT2D eigenvalue weighted by Crippen LogP contribution is 2.47. The number of likely N-dealkylation sites (N-methyl/N-ethyl adjacent to an activating group) is 1. The van der Waals surface area contributed by atoms with Gasteiger partial charge >= 0.3 is 0 Å². The van der Waals surface area contributed by atoms with E-state index in [0.717, 1.165) is 19.5 Å². The number of alkyl halides is 1. The molecule has 1 aromatic carbocycles. The fourth-order valence-electron chi connectivity index (χ4n) is 4.42. The number of hydrogen-bond donors (Lipinski definition) is 5. The molecule has 11 heteroatoms. The van der Waals surface area contributed by atoms with Crippen LogP contribution in [0.1, 0.15) is 6.42 Å². The van der Waals surface area contributed by atoms with Crippen molar-refractivity contribution >= 4 is 36.0 Å². The highest BCUT2D eigenvalue weighted by atomic mass is 35.5. The van der Waals surface area contributed by atoms with E-state index in [0.29, 0.717) is 23.7 Å². The van der Waals surface area contributed by atoms with Crippen molar-refractivity contribution in [1.82, 2.24) is 20.9 Å². The lowest BCUT2D eigenvalue weighted by Gasteiger charge is -2.44. The summed E-state index contributed by atoms with van der Waals surface area (Å²) in [6.45, 7) is 9.57. The number of nitrogens with zero attached hydrogens (tertiary/aromatic N) is 1. The first-order valence-electron chi connectivity index (χ1n) is 11.1. The summed E-state index contributed by atoms with van der Waals surface area (Å²) in [4.78, 5) is 13.9. The molecule has 5 atom stereocenters. The molecule has 0 saturated carbocycles. The monoisotopic (exact) mass is 498 g/mol. The van der Waals surface area contributed by atoms with E-state index in [1.165, 1.54) is 6.08 Å². The molecule has 0 aromatic heterocycles. The van der Waals surface area contributed by atoms with Crippen LogP contribution in [0, 0.1) is 0 Å². The van der Waals surface area contributed by atoms with E-state index in [1.54, 1.807) is 25.3 Å². The number of hydrogen-bond acceptors (Lipinski definition) is 8. The lowest BCUT2D eigenvalue weighted by atomic mass is 10.0. The van der Waals surface area contributed by atoms with Crippen LogP contribution in [0.2, 0.25) is 0 Å². The van der Waals surface area contributed by atoms with Gasteiger partial charge in [0.15, 0.2) is 0 Å². The van der Waals surface area contributed by atoms with Gasteiger partial charge in [0.2, 0.25) is 5.91 Å². The predicted molar refractivity (Wildman–Crippen MR) is 136 cm³/mol. The largest absolute Gasteiger partial charge is 0.495 e. The van der Waals surface area contributed by atoms with Crippen LogP contribution in [0.15, 0.2) is 30.9 Å². The number of halogens is 1. The van der Waals surface area contributed by atoms with Crippen molar-refractivity contribution in [1.29, 1.82) is 0 Å². The van der Waals surface area contributed by atoms with Crippen LogP contribution in [0.4, 0.5) is 11.4 Å². The lowest BCUT2D eigenvalue weighted by Crippen LogP contribution is -2.69. The summed E-state index contributed by atoms with van der Waals surface area (Å²) in [6, 6.07) is 5.43. The summed E-state index contributed by atoms with van der Waals surface area (Å²) in [6.07, 6.45) is 1.63. The average Bonchev–Trinajstić information content (AvgIpc) is 2.75. The lowest BCUT2D eigenvalue weighted by molar-refractivity contribution is -0.111. The zero-order valence-electron chi connectivity index (χ0n) is 19.7. The number of ether oxygens (including phenoxy) is 1. The average molecular weight is 499 g/mol. The molecular formula is C22H36ClN6O3P. The minimum atomic E-state index is -2.26. The zero-order valence-corrected chi connectivity index (χ0v) is 21.4. The van der Waals surface area contributed by atoms with Gasteiger partial charge in [-0.3, -0.25) is 20.7 Å². The molecule has 2 fully saturated rings. The van der Waals surface area contributed by atoms with Crippen molar-refractivity contribution in [2.75, 3.05) is 57.8 Å². The Morgan fingerprint density at radius 1 is 1.39 bits per heavy atom. The minimum Gasteiger partial charge on any atom is -0.495 e. The number of nitrogens with one attached hydrogen (secondary N) is 5. The van der Waals surface area contributed by atoms with Crippen molar-refractivity contribution in [3.63, 3.8) is 0 Å². The van der Waals surface area contributed by atoms with Gasteiger partial charge in [-0.25, -0.2) is 0 Å². The Bertz CT molecular complexity index is 897. The minimum absolute atomic E-state index is 0.0778. The van der Waals surface area contributed by atoms with Gasteiger partial charge in [0.1, 0.15) is 12.0 Å². The second kappa shape index (κ2) is 11.2. The van der Waals surface area contributed by atoms with Gasteiger partial charge in [-0.15, -0.1) is 11.6 Å². The maximum Gasteiger partial charge on any atom is 0.247 e. The van der Waals surface area contributed by atoms with Gasteiger partial charge < -0.3 is 24.8 Å². The number of piperidine rings is 1. The molecule has 3 rings (SSSR count). The Hall–Kier alpha value is -1.61. The predicted octanol–water partition coefficient (Wildman–Crippen LogP) is 1.93. The SMILES string of the molecule is C=CC(=O)Nc1ccc(OC)c(NC2NCC(Cl)C(NC3CN(C)CCC3P(C)(C)=O)N2)c1. The fraction of sp³-hybridized carbons (Fsp3) is 0.591. The van der Waals surface area contributed by atoms with E-state index in [2.05, 4.69) is 45.1 Å². The molecule has 1 amide bonds. The highest BCUT2D eigenvalue weighted by Gasteiger charge is 2.39. The Kier molecular flexibility index (Phi) is 8.83. The Morgan fingerprint density at radius 3 is 2.82 bits per heavy atom. The summed E-state index contributed by atoms with van der Waals surface area (Å²) >= 11 is 6.65. The normalized spacial score (nSPS) is 28.7. The molecular weight excluding hydrogens is 463 g/mol. The van der Waals surface area contributed by atoms with E-state index < -0.39 is 7.14 Å². The molecule has 0 bridgehead atoms. The molecule has 5 unspecified atom stereocenters. The molecule has 5 N–H and O–H groups in total. The third-order valence-electron chi connectivity index (χ3n) is 6.15. The third kappa shape index (κ3) is 6.94. The van der Waals surface area contributed by atoms with Crippen LogP contribution in [0.3, 0.4) is 0 Å². The van der Waals surface area contributed by atoms with Crippen LogP contribution in [-0.4, -0.2) is 87.5 Å². The smallest absolute Gasteiger partial charge is 0.247 e. The first kappa shape index (κ1) is 26.0. The molecule has 9 nitrogen and oxygen atoms in total. The Labute approximate surface area is 201 Å². The van der Waals surface area contributed by atoms with Gasteiger partial charge in [-0.05, 0) is 57.6 Å². The quantitative estimate of drug-likeness (QED) is 0.210. The molecule has 2 aliphatic rings. The van der Waals surface area contributed by atoms with E-state index in [1.807, 2.05) is 13.3 Å². The van der Waals surface area contributed by atoms with E-state index in [9.17, 15) is 9.36 Å². The summed E-state index contributed by atoms with van der Waals surface area (Å²) in [5, 5.41) is 16.4. The maximum atomic E-state index is 12.9. The molecule has 1 aromatic rings. The first-order chi connectivity index (χ1) is 15.6. The van der Waals surface area contributed by atoms with Crippen molar-refractivity contribution in [3.05, 3.63) is 30.9 Å². The second-order valence-electron chi connectivity index (χ2n) is 9.08. The van der Waals surface area contributed by atoms with E-state index in [-0.39, 0.29) is 35.4 Å². The zero-order chi connectivity index (χ0) is 24.2. The van der Waals surface area contributed by atoms with E-state index in [4.69, 9.17) is 16.3 Å². The fourth-order valence-corrected chi connectivity index (χ4v) is 6.44. The molecule has 0 spiro atoms. The molecule has 2 heterocycles. The number of anilines is 2. The molecule has 2 aliphatic heterocycles. The molecule has 2 saturated heterocycles. The molecule has 0 radical (unpaired) electrons. The van der Waals surface area contributed by atoms with Crippen molar-refractivity contribution in [2.24, 2.45) is 0 Å². The number of methoxy groups -OCH3 is 1. The number of rotatable bonds is 8. The van der Waals surface area contributed by atoms with Gasteiger partial charge in [0.25, 0.3) is 0 Å². The number of amides is 1. The summed E-state index contributed by atoms with van der Waals surface area (Å²) < 4.78 is 18.4. The summed E-state index contributed by atoms with van der Waals surface area (Å²) in [5.41, 5.74) is 1.45. The van der Waals surface area contributed by atoms with Gasteiger partial charge in [0, 0.05) is 30.5 Å². The second-order valence-corrected chi connectivity index (χ2v) is 13.2. The first-order valence-corrected chi connectivity index (χ1v) is 14.2. The van der Waals surface area contributed by atoms with E-state index >= 15 is 0 Å². The molecule has 0 aliphatic carbocycles. The Morgan fingerprint density at radius 2 is 2.15 bits per heavy atom. The third-order valence-corrected chi connectivity index (χ3v) is 8.77. The van der Waals surface area contributed by atoms with Crippen LogP contribution in [-0.2, 0) is 9.36 Å². The van der Waals surface area contributed by atoms with Gasteiger partial charge in [0.05, 0.1) is 31.5 Å². The molecule has 33 heavy (non-hydrogen) atoms. The highest BCUT2D eigenvalue weighted by molar-refractivity contribution is 7.63. The number of carbonyl (C=O) groups excluding carboxylic acids is 1. The van der Waals surface area contributed by atoms with Crippen LogP contribution < -0.4 is 31.3 Å². The number of likely N-dealkylation sites (tertiary alicyclic amines) is 1. The topological polar surface area (TPSA) is 107 Å². The number of carbonyl (C=O) groups is 1. The van der Waals surface area contributed by atoms with Crippen LogP contribution in [0.5, 0.6) is 5.75 Å². The van der Waals surface area contributed by atoms with Crippen molar-refractivity contribution in [3.8, 4) is 5.75 Å². The van der Waals surface area contributed by atoms with Crippen LogP contribution in [0.25, 0.3) is 0 Å². The van der Waals surface area contributed by atoms with Crippen LogP contribution >= 0.6 is 18.7 Å². The number of benzene rings is 1. The molecule has 184 valence electrons. The van der Waals surface area contributed by atoms with Crippen molar-refractivity contribution in [2.45, 2.75) is 36.0 Å². The maximum absolute atomic E-state index is 12.9. The van der Waals surface area contributed by atoms with Gasteiger partial charge in [-0.1, -0.05) is 6.58 Å². The Balaban J connectivity index is 1.71. The van der Waals surface area contributed by atoms with Gasteiger partial charge in [-0.2, -0.15) is 0 Å². The standard InChI is InChI=1S/C22H36ClN6O3P/c1-6-20(30)25-14-7-8-18(32-3)16(11-14)27-22-24-12-15(23)21(28-22)26-17-13-29(2)10-9-19(17)33(4,5)31/h6-8,11,15,17,19,21-22,24,26-28H,1,9-10,12-13H2,2-5H3,(H,25,30). The van der Waals surface area contributed by atoms with Crippen molar-refractivity contribution < 1.29 is 14.1 Å².